The normalized spacial score (nSPS) is 13.8. The number of piperazine rings is 1. The molecule has 0 atom stereocenters. The van der Waals surface area contributed by atoms with Crippen LogP contribution in [0.3, 0.4) is 0 Å². The van der Waals surface area contributed by atoms with E-state index in [1.54, 1.807) is 29.2 Å². The van der Waals surface area contributed by atoms with Gasteiger partial charge in [-0.25, -0.2) is 4.98 Å². The van der Waals surface area contributed by atoms with Crippen molar-refractivity contribution in [3.8, 4) is 11.9 Å². The predicted octanol–water partition coefficient (Wildman–Crippen LogP) is 5.36. The van der Waals surface area contributed by atoms with E-state index in [0.29, 0.717) is 70.4 Å². The molecule has 2 heterocycles. The van der Waals surface area contributed by atoms with Crippen LogP contribution in [-0.2, 0) is 0 Å². The zero-order valence-corrected chi connectivity index (χ0v) is 22.4. The highest BCUT2D eigenvalue weighted by atomic mass is 35.5. The maximum absolute atomic E-state index is 13.0. The van der Waals surface area contributed by atoms with Gasteiger partial charge in [0.1, 0.15) is 11.6 Å². The molecule has 2 aromatic carbocycles. The molecule has 0 saturated carbocycles. The molecule has 0 spiro atoms. The molecule has 0 radical (unpaired) electrons. The second-order valence-electron chi connectivity index (χ2n) is 8.83. The van der Waals surface area contributed by atoms with Crippen LogP contribution in [-0.4, -0.2) is 74.1 Å². The fraction of sp³-hybridized carbons (Fsp3) is 0.346. The van der Waals surface area contributed by atoms with Crippen LogP contribution < -0.4 is 9.64 Å². The van der Waals surface area contributed by atoms with Crippen LogP contribution in [0.1, 0.15) is 22.3 Å². The standard InChI is InChI=1S/C26H26Cl3N5O2/c1-32(2)8-3-13-36-25-20(16-30)24(19-15-18(27)5-7-23(19)31-25)33-9-11-34(12-10-33)26(35)17-4-6-21(28)22(29)14-17/h4-7,14-15H,3,8-13H2,1-2H3. The zero-order chi connectivity index (χ0) is 25.8. The van der Waals surface area contributed by atoms with E-state index in [1.807, 2.05) is 26.2 Å². The second-order valence-corrected chi connectivity index (χ2v) is 10.1. The van der Waals surface area contributed by atoms with Gasteiger partial charge in [-0.05, 0) is 56.9 Å². The Labute approximate surface area is 225 Å². The van der Waals surface area contributed by atoms with Crippen molar-refractivity contribution in [3.05, 3.63) is 62.6 Å². The summed E-state index contributed by atoms with van der Waals surface area (Å²) in [6.45, 7) is 3.35. The van der Waals surface area contributed by atoms with Gasteiger partial charge in [0.15, 0.2) is 0 Å². The molecule has 188 valence electrons. The third-order valence-corrected chi connectivity index (χ3v) is 7.01. The van der Waals surface area contributed by atoms with E-state index in [0.717, 1.165) is 24.0 Å². The van der Waals surface area contributed by atoms with Gasteiger partial charge in [0.25, 0.3) is 5.91 Å². The van der Waals surface area contributed by atoms with Crippen molar-refractivity contribution < 1.29 is 9.53 Å². The Morgan fingerprint density at radius 1 is 1.08 bits per heavy atom. The monoisotopic (exact) mass is 545 g/mol. The van der Waals surface area contributed by atoms with E-state index in [9.17, 15) is 10.1 Å². The summed E-state index contributed by atoms with van der Waals surface area (Å²) in [6, 6.07) is 12.6. The average molecular weight is 547 g/mol. The molecular formula is C26H26Cl3N5O2. The molecule has 0 unspecified atom stereocenters. The number of nitrogens with zero attached hydrogens (tertiary/aromatic N) is 5. The van der Waals surface area contributed by atoms with E-state index in [2.05, 4.69) is 20.9 Å². The van der Waals surface area contributed by atoms with Crippen LogP contribution in [0.25, 0.3) is 10.9 Å². The Morgan fingerprint density at radius 2 is 1.83 bits per heavy atom. The summed E-state index contributed by atoms with van der Waals surface area (Å²) >= 11 is 18.4. The number of benzene rings is 2. The van der Waals surface area contributed by atoms with Crippen molar-refractivity contribution >= 4 is 57.3 Å². The summed E-state index contributed by atoms with van der Waals surface area (Å²) in [5.74, 6) is 0.205. The third kappa shape index (κ3) is 5.79. The molecule has 4 rings (SSSR count). The van der Waals surface area contributed by atoms with E-state index < -0.39 is 0 Å². The number of pyridine rings is 1. The maximum atomic E-state index is 13.0. The highest BCUT2D eigenvalue weighted by molar-refractivity contribution is 6.42. The van der Waals surface area contributed by atoms with Crippen LogP contribution in [0.2, 0.25) is 15.1 Å². The minimum atomic E-state index is -0.110. The number of hydrogen-bond donors (Lipinski definition) is 0. The van der Waals surface area contributed by atoms with Crippen molar-refractivity contribution in [1.82, 2.24) is 14.8 Å². The average Bonchev–Trinajstić information content (AvgIpc) is 2.87. The Hall–Kier alpha value is -2.76. The van der Waals surface area contributed by atoms with Gasteiger partial charge < -0.3 is 19.4 Å². The summed E-state index contributed by atoms with van der Waals surface area (Å²) < 4.78 is 5.98. The number of hydrogen-bond acceptors (Lipinski definition) is 6. The van der Waals surface area contributed by atoms with Gasteiger partial charge >= 0.3 is 0 Å². The molecule has 0 bridgehead atoms. The lowest BCUT2D eigenvalue weighted by Crippen LogP contribution is -2.49. The highest BCUT2D eigenvalue weighted by Gasteiger charge is 2.27. The number of fused-ring (bicyclic) bond motifs is 1. The number of rotatable bonds is 7. The molecule has 1 amide bonds. The number of amides is 1. The molecule has 1 aliphatic rings. The highest BCUT2D eigenvalue weighted by Crippen LogP contribution is 2.37. The van der Waals surface area contributed by atoms with Gasteiger partial charge in [-0.2, -0.15) is 5.26 Å². The molecule has 10 heteroatoms. The van der Waals surface area contributed by atoms with E-state index in [-0.39, 0.29) is 5.91 Å². The van der Waals surface area contributed by atoms with Crippen molar-refractivity contribution in [2.24, 2.45) is 0 Å². The van der Waals surface area contributed by atoms with Gasteiger partial charge in [-0.3, -0.25) is 4.79 Å². The van der Waals surface area contributed by atoms with Crippen LogP contribution in [0, 0.1) is 11.3 Å². The Bertz CT molecular complexity index is 1320. The maximum Gasteiger partial charge on any atom is 0.254 e. The van der Waals surface area contributed by atoms with Gasteiger partial charge in [0, 0.05) is 48.7 Å². The Morgan fingerprint density at radius 3 is 2.50 bits per heavy atom. The number of anilines is 1. The minimum Gasteiger partial charge on any atom is -0.477 e. The second kappa shape index (κ2) is 11.5. The molecule has 1 saturated heterocycles. The Kier molecular flexibility index (Phi) is 8.43. The molecule has 1 aromatic heterocycles. The van der Waals surface area contributed by atoms with Crippen molar-refractivity contribution in [1.29, 1.82) is 5.26 Å². The lowest BCUT2D eigenvalue weighted by atomic mass is 10.1. The smallest absolute Gasteiger partial charge is 0.254 e. The van der Waals surface area contributed by atoms with Gasteiger partial charge in [0.05, 0.1) is 27.9 Å². The summed E-state index contributed by atoms with van der Waals surface area (Å²) in [4.78, 5) is 23.6. The van der Waals surface area contributed by atoms with Crippen molar-refractivity contribution in [3.63, 3.8) is 0 Å². The van der Waals surface area contributed by atoms with Gasteiger partial charge in [0.2, 0.25) is 5.88 Å². The first-order valence-electron chi connectivity index (χ1n) is 11.6. The molecular weight excluding hydrogens is 521 g/mol. The van der Waals surface area contributed by atoms with Crippen molar-refractivity contribution in [2.45, 2.75) is 6.42 Å². The van der Waals surface area contributed by atoms with Crippen LogP contribution in [0.5, 0.6) is 5.88 Å². The predicted molar refractivity (Wildman–Crippen MR) is 145 cm³/mol. The Balaban J connectivity index is 1.60. The molecule has 36 heavy (non-hydrogen) atoms. The molecule has 1 aliphatic heterocycles. The lowest BCUT2D eigenvalue weighted by Gasteiger charge is -2.37. The minimum absolute atomic E-state index is 0.110. The summed E-state index contributed by atoms with van der Waals surface area (Å²) in [5, 5.41) is 12.2. The number of carbonyl (C=O) groups is 1. The van der Waals surface area contributed by atoms with Crippen LogP contribution in [0.15, 0.2) is 36.4 Å². The summed E-state index contributed by atoms with van der Waals surface area (Å²) in [5.41, 5.74) is 2.29. The number of ether oxygens (including phenoxy) is 1. The molecule has 0 N–H and O–H groups in total. The van der Waals surface area contributed by atoms with E-state index >= 15 is 0 Å². The first-order valence-corrected chi connectivity index (χ1v) is 12.7. The number of carbonyl (C=O) groups excluding carboxylic acids is 1. The quantitative estimate of drug-likeness (QED) is 0.372. The zero-order valence-electron chi connectivity index (χ0n) is 20.1. The number of nitriles is 1. The topological polar surface area (TPSA) is 72.7 Å². The first kappa shape index (κ1) is 26.3. The molecule has 3 aromatic rings. The summed E-state index contributed by atoms with van der Waals surface area (Å²) in [7, 11) is 4.01. The lowest BCUT2D eigenvalue weighted by molar-refractivity contribution is 0.0747. The first-order chi connectivity index (χ1) is 17.3. The molecule has 0 aliphatic carbocycles. The fourth-order valence-corrected chi connectivity index (χ4v) is 4.70. The van der Waals surface area contributed by atoms with E-state index in [1.165, 1.54) is 0 Å². The number of halogens is 3. The fourth-order valence-electron chi connectivity index (χ4n) is 4.22. The van der Waals surface area contributed by atoms with Crippen LogP contribution >= 0.6 is 34.8 Å². The molecule has 1 fully saturated rings. The van der Waals surface area contributed by atoms with E-state index in [4.69, 9.17) is 39.5 Å². The van der Waals surface area contributed by atoms with Crippen molar-refractivity contribution in [2.75, 3.05) is 58.3 Å². The SMILES string of the molecule is CN(C)CCCOc1nc2ccc(Cl)cc2c(N2CCN(C(=O)c3ccc(Cl)c(Cl)c3)CC2)c1C#N. The third-order valence-electron chi connectivity index (χ3n) is 6.04. The summed E-state index contributed by atoms with van der Waals surface area (Å²) in [6.07, 6.45) is 0.809. The molecule has 7 nitrogen and oxygen atoms in total. The van der Waals surface area contributed by atoms with Gasteiger partial charge in [-0.15, -0.1) is 0 Å². The largest absolute Gasteiger partial charge is 0.477 e. The number of aromatic nitrogens is 1. The van der Waals surface area contributed by atoms with Crippen LogP contribution in [0.4, 0.5) is 5.69 Å². The van der Waals surface area contributed by atoms with Gasteiger partial charge in [-0.1, -0.05) is 34.8 Å².